The molecule has 0 unspecified atom stereocenters. The molecular weight excluding hydrogens is 1050 g/mol. The van der Waals surface area contributed by atoms with Crippen LogP contribution in [0.4, 0.5) is 21.6 Å². The van der Waals surface area contributed by atoms with Gasteiger partial charge in [0, 0.05) is 92.5 Å². The molecule has 5 aliphatic rings. The number of hydrogen-bond donors (Lipinski definition) is 4. The minimum Gasteiger partial charge on any atom is -0.493 e. The molecule has 2 atom stereocenters. The van der Waals surface area contributed by atoms with E-state index in [-0.39, 0.29) is 75.5 Å². The molecule has 0 radical (unpaired) electrons. The number of piperazine rings is 1. The minimum absolute atomic E-state index is 0.0137. The number of nitrogens with zero attached hydrogens (tertiary/aromatic N) is 6. The number of aliphatic hydroxyl groups is 1. The molecule has 3 aliphatic heterocycles. The molecule has 2 aliphatic carbocycles. The normalized spacial score (nSPS) is 22.2. The molecule has 3 aromatic carbocycles. The number of carbonyl (C=O) groups is 1. The number of benzene rings is 3. The summed E-state index contributed by atoms with van der Waals surface area (Å²) in [4.78, 5) is 45.2. The van der Waals surface area contributed by atoms with Gasteiger partial charge in [-0.3, -0.25) is 14.6 Å². The Balaban J connectivity index is 0.790. The number of aromatic nitrogens is 3. The van der Waals surface area contributed by atoms with Gasteiger partial charge in [0.1, 0.15) is 27.9 Å². The molecule has 0 bridgehead atoms. The number of ether oxygens (including phenoxy) is 3. The van der Waals surface area contributed by atoms with Gasteiger partial charge in [0.2, 0.25) is 0 Å². The molecular formula is C61H70FN9O9S. The number of nitrogens with one attached hydrogen (secondary N) is 3. The molecule has 2 saturated carbocycles. The molecule has 81 heavy (non-hydrogen) atoms. The summed E-state index contributed by atoms with van der Waals surface area (Å²) in [5.41, 5.74) is 6.20. The number of aryl methyl sites for hydroxylation is 1. The third-order valence-corrected chi connectivity index (χ3v) is 19.4. The van der Waals surface area contributed by atoms with Gasteiger partial charge < -0.3 is 38.9 Å². The monoisotopic (exact) mass is 1120 g/mol. The number of fused-ring (bicyclic) bond motifs is 3. The number of nitroso groups, excluding NO2 is 1. The fraction of sp³-hybridized carbons (Fsp3) is 0.459. The molecule has 12 rings (SSSR count). The predicted octanol–water partition coefficient (Wildman–Crippen LogP) is 11.7. The standard InChI is InChI=1S/C61H70FN9O9S/c1-7-78-59-52(26-45-46(62)31-65-56(45)66-59)80-51-24-39(13-14-44(51)58(72)68-81(75,76)41-25-47(67-74)57(64-30-41)63-29-37-16-18-60(5,73)19-17-37)69-22-20-61(21-23-69)27-40(28-61)71-34-49-53-36(4)79-55-50(77-6)15-12-38(54(53)55)32-70(49)33-48(71)43-11-9-8-10-42(43)35(2)3/h8-15,24-26,30-31,35,37,40,48-49,73H,7,16-23,27-29,32-34H2,1-6H3,(H,63,64)(H,65,66)(H,68,72)/t37?,48-,49-,60?/m0/s1. The van der Waals surface area contributed by atoms with Crippen LogP contribution in [0.15, 0.2) is 93.6 Å². The Morgan fingerprint density at radius 1 is 1.00 bits per heavy atom. The number of carbonyl (C=O) groups excluding carboxylic acids is 1. The number of aromatic amines is 1. The number of furan rings is 1. The zero-order valence-electron chi connectivity index (χ0n) is 46.7. The number of hydrogen-bond acceptors (Lipinski definition) is 16. The van der Waals surface area contributed by atoms with Crippen LogP contribution in [0.25, 0.3) is 22.0 Å². The van der Waals surface area contributed by atoms with Gasteiger partial charge in [0.05, 0.1) is 36.3 Å². The Kier molecular flexibility index (Phi) is 14.3. The zero-order valence-corrected chi connectivity index (χ0v) is 47.5. The highest BCUT2D eigenvalue weighted by Crippen LogP contribution is 2.56. The van der Waals surface area contributed by atoms with Crippen molar-refractivity contribution >= 4 is 55.1 Å². The lowest BCUT2D eigenvalue weighted by Gasteiger charge is -2.60. The number of halogens is 1. The van der Waals surface area contributed by atoms with Crippen LogP contribution in [0.3, 0.4) is 0 Å². The third-order valence-electron chi connectivity index (χ3n) is 18.1. The summed E-state index contributed by atoms with van der Waals surface area (Å²) in [7, 11) is -2.93. The van der Waals surface area contributed by atoms with Crippen molar-refractivity contribution < 1.29 is 41.3 Å². The maximum absolute atomic E-state index is 15.1. The second-order valence-corrected chi connectivity index (χ2v) is 25.3. The Hall–Kier alpha value is -7.13. The third kappa shape index (κ3) is 10.3. The molecule has 7 heterocycles. The van der Waals surface area contributed by atoms with E-state index in [9.17, 15) is 23.2 Å². The van der Waals surface area contributed by atoms with Gasteiger partial charge in [0.25, 0.3) is 21.8 Å². The average Bonchev–Trinajstić information content (AvgIpc) is 3.73. The number of amides is 1. The lowest BCUT2D eigenvalue weighted by molar-refractivity contribution is -0.0809. The van der Waals surface area contributed by atoms with E-state index in [1.807, 2.05) is 13.0 Å². The molecule has 18 nitrogen and oxygen atoms in total. The van der Waals surface area contributed by atoms with E-state index in [1.165, 1.54) is 46.0 Å². The van der Waals surface area contributed by atoms with Crippen molar-refractivity contribution in [2.75, 3.05) is 56.7 Å². The fourth-order valence-electron chi connectivity index (χ4n) is 13.6. The predicted molar refractivity (Wildman–Crippen MR) is 307 cm³/mol. The van der Waals surface area contributed by atoms with Crippen molar-refractivity contribution in [2.24, 2.45) is 16.5 Å². The van der Waals surface area contributed by atoms with Crippen LogP contribution in [-0.2, 0) is 16.6 Å². The van der Waals surface area contributed by atoms with Gasteiger partial charge in [0.15, 0.2) is 28.6 Å². The van der Waals surface area contributed by atoms with Crippen molar-refractivity contribution in [3.63, 3.8) is 0 Å². The summed E-state index contributed by atoms with van der Waals surface area (Å²) in [5.74, 6) is 0.846. The summed E-state index contributed by atoms with van der Waals surface area (Å²) >= 11 is 0. The molecule has 20 heteroatoms. The summed E-state index contributed by atoms with van der Waals surface area (Å²) in [6.45, 7) is 15.0. The lowest BCUT2D eigenvalue weighted by atomic mass is 9.59. The highest BCUT2D eigenvalue weighted by atomic mass is 32.2. The molecule has 1 spiro atoms. The van der Waals surface area contributed by atoms with Gasteiger partial charge in [-0.1, -0.05) is 44.2 Å². The van der Waals surface area contributed by atoms with E-state index in [2.05, 4.69) is 96.0 Å². The van der Waals surface area contributed by atoms with E-state index in [4.69, 9.17) is 18.6 Å². The van der Waals surface area contributed by atoms with Crippen molar-refractivity contribution in [1.29, 1.82) is 0 Å². The Labute approximate surface area is 470 Å². The number of methoxy groups -OCH3 is 1. The van der Waals surface area contributed by atoms with E-state index >= 15 is 4.39 Å². The fourth-order valence-corrected chi connectivity index (χ4v) is 14.6. The van der Waals surface area contributed by atoms with Gasteiger partial charge in [-0.2, -0.15) is 4.98 Å². The number of sulfonamides is 1. The van der Waals surface area contributed by atoms with Crippen molar-refractivity contribution in [2.45, 2.75) is 127 Å². The summed E-state index contributed by atoms with van der Waals surface area (Å²) < 4.78 is 69.8. The number of pyridine rings is 2. The first kappa shape index (κ1) is 54.5. The Morgan fingerprint density at radius 3 is 2.52 bits per heavy atom. The maximum atomic E-state index is 15.1. The van der Waals surface area contributed by atoms with Gasteiger partial charge in [-0.15, -0.1) is 4.91 Å². The summed E-state index contributed by atoms with van der Waals surface area (Å²) in [6, 6.07) is 21.5. The van der Waals surface area contributed by atoms with Crippen LogP contribution in [0.1, 0.15) is 135 Å². The number of piperidine rings is 1. The molecule has 2 saturated heterocycles. The molecule has 426 valence electrons. The van der Waals surface area contributed by atoms with Crippen molar-refractivity contribution in [3.8, 4) is 23.1 Å². The van der Waals surface area contributed by atoms with Crippen LogP contribution in [0, 0.1) is 29.0 Å². The quantitative estimate of drug-likeness (QED) is 0.0662. The second kappa shape index (κ2) is 21.3. The number of anilines is 2. The zero-order chi connectivity index (χ0) is 56.5. The first-order valence-corrected chi connectivity index (χ1v) is 29.8. The van der Waals surface area contributed by atoms with Crippen LogP contribution in [0.2, 0.25) is 0 Å². The molecule has 4 fully saturated rings. The number of H-pyrrole nitrogens is 1. The SMILES string of the molecule is CCOc1nc2[nH]cc(F)c2cc1Oc1cc(N2CCC3(CC2)CC(N2C[C@H]4c5c(C)oc6c(OC)ccc(c56)CN4C[C@H]2c2ccccc2C(C)C)C3)ccc1C(=O)NS(=O)(=O)c1cnc(NCC2CCC(C)(O)CC2)c(N=O)c1. The average molecular weight is 1120 g/mol. The van der Waals surface area contributed by atoms with Gasteiger partial charge in [-0.05, 0) is 136 Å². The van der Waals surface area contributed by atoms with Crippen molar-refractivity contribution in [1.82, 2.24) is 29.5 Å². The molecule has 4 N–H and O–H groups in total. The Bertz CT molecular complexity index is 3670. The summed E-state index contributed by atoms with van der Waals surface area (Å²) in [6.07, 6.45) is 9.08. The number of rotatable bonds is 16. The second-order valence-electron chi connectivity index (χ2n) is 23.6. The molecule has 7 aromatic rings. The minimum atomic E-state index is -4.63. The maximum Gasteiger partial charge on any atom is 0.268 e. The van der Waals surface area contributed by atoms with E-state index in [1.54, 1.807) is 26.2 Å². The lowest BCUT2D eigenvalue weighted by Crippen LogP contribution is -2.60. The summed E-state index contributed by atoms with van der Waals surface area (Å²) in [5, 5.41) is 17.9. The Morgan fingerprint density at radius 2 is 1.78 bits per heavy atom. The van der Waals surface area contributed by atoms with E-state index in [0.717, 1.165) is 106 Å². The first-order valence-electron chi connectivity index (χ1n) is 28.4. The van der Waals surface area contributed by atoms with Crippen LogP contribution in [-0.4, -0.2) is 102 Å². The molecule has 4 aromatic heterocycles. The van der Waals surface area contributed by atoms with Crippen molar-refractivity contribution in [3.05, 3.63) is 123 Å². The van der Waals surface area contributed by atoms with Crippen LogP contribution in [0.5, 0.6) is 23.1 Å². The van der Waals surface area contributed by atoms with Crippen LogP contribution >= 0.6 is 0 Å². The van der Waals surface area contributed by atoms with Crippen LogP contribution < -0.4 is 29.1 Å². The van der Waals surface area contributed by atoms with E-state index < -0.39 is 32.2 Å². The first-order chi connectivity index (χ1) is 38.9. The smallest absolute Gasteiger partial charge is 0.268 e. The largest absolute Gasteiger partial charge is 0.493 e. The van der Waals surface area contributed by atoms with E-state index in [0.29, 0.717) is 31.3 Å². The highest BCUT2D eigenvalue weighted by molar-refractivity contribution is 7.90. The highest BCUT2D eigenvalue weighted by Gasteiger charge is 2.52. The van der Waals surface area contributed by atoms with Gasteiger partial charge in [-0.25, -0.2) is 22.5 Å². The van der Waals surface area contributed by atoms with Gasteiger partial charge >= 0.3 is 0 Å². The molecule has 1 amide bonds. The topological polar surface area (TPSA) is 217 Å².